The Kier molecular flexibility index (Phi) is 61.8. The monoisotopic (exact) mass is 1320 g/mol. The SMILES string of the molecule is CCCCCCCCCCCCCCCCCCCC(=O)OC[C@H](COP(=O)(O)OC[C@@H](O)COP(=O)(O)OC[C@@H](COC(=O)CCCCCCC)OC(=O)CCCCCCCCCC(C)C)OC(=O)CCCCCCCCCCCCCCCCC(C)CC. The Balaban J connectivity index is 5.15. The average molecular weight is 1330 g/mol. The lowest BCUT2D eigenvalue weighted by Crippen LogP contribution is -2.30. The number of ether oxygens (including phenoxy) is 4. The summed E-state index contributed by atoms with van der Waals surface area (Å²) in [5, 5.41) is 10.6. The molecule has 0 bridgehead atoms. The highest BCUT2D eigenvalue weighted by Gasteiger charge is 2.30. The summed E-state index contributed by atoms with van der Waals surface area (Å²) >= 11 is 0. The van der Waals surface area contributed by atoms with Gasteiger partial charge in [0.2, 0.25) is 0 Å². The number of aliphatic hydroxyl groups is 1. The third-order valence-electron chi connectivity index (χ3n) is 16.8. The van der Waals surface area contributed by atoms with E-state index in [0.717, 1.165) is 102 Å². The lowest BCUT2D eigenvalue weighted by atomic mass is 9.99. The predicted molar refractivity (Wildman–Crippen MR) is 363 cm³/mol. The summed E-state index contributed by atoms with van der Waals surface area (Å²) in [7, 11) is -9.89. The van der Waals surface area contributed by atoms with Crippen LogP contribution in [0.15, 0.2) is 0 Å². The van der Waals surface area contributed by atoms with E-state index >= 15 is 0 Å². The van der Waals surface area contributed by atoms with Gasteiger partial charge < -0.3 is 33.8 Å². The van der Waals surface area contributed by atoms with Gasteiger partial charge in [0.05, 0.1) is 26.4 Å². The van der Waals surface area contributed by atoms with E-state index in [1.54, 1.807) is 0 Å². The quantitative estimate of drug-likeness (QED) is 0.0222. The second-order valence-electron chi connectivity index (χ2n) is 26.3. The van der Waals surface area contributed by atoms with Gasteiger partial charge in [0.25, 0.3) is 0 Å². The van der Waals surface area contributed by atoms with Crippen LogP contribution in [0.5, 0.6) is 0 Å². The first-order chi connectivity index (χ1) is 43.4. The molecule has 0 rings (SSSR count). The predicted octanol–water partition coefficient (Wildman–Crippen LogP) is 20.4. The largest absolute Gasteiger partial charge is 0.472 e. The fourth-order valence-corrected chi connectivity index (χ4v) is 12.3. The molecule has 0 aliphatic carbocycles. The van der Waals surface area contributed by atoms with Gasteiger partial charge in [-0.15, -0.1) is 0 Å². The molecule has 0 saturated heterocycles. The first kappa shape index (κ1) is 88.1. The van der Waals surface area contributed by atoms with E-state index in [1.165, 1.54) is 173 Å². The Hall–Kier alpha value is -1.94. The number of phosphoric acid groups is 2. The maximum Gasteiger partial charge on any atom is 0.472 e. The first-order valence-electron chi connectivity index (χ1n) is 37.0. The molecule has 6 atom stereocenters. The molecule has 0 heterocycles. The number of esters is 4. The third-order valence-corrected chi connectivity index (χ3v) is 18.7. The third kappa shape index (κ3) is 63.5. The fraction of sp³-hybridized carbons (Fsp3) is 0.944. The van der Waals surface area contributed by atoms with Crippen molar-refractivity contribution < 1.29 is 80.2 Å². The molecule has 0 aliphatic heterocycles. The molecule has 0 radical (unpaired) electrons. The maximum atomic E-state index is 13.0. The molecule has 0 saturated carbocycles. The Morgan fingerprint density at radius 1 is 0.322 bits per heavy atom. The van der Waals surface area contributed by atoms with E-state index < -0.39 is 97.5 Å². The molecular formula is C71H138O17P2. The highest BCUT2D eigenvalue weighted by Crippen LogP contribution is 2.45. The zero-order valence-electron chi connectivity index (χ0n) is 58.4. The van der Waals surface area contributed by atoms with Crippen LogP contribution in [-0.2, 0) is 65.4 Å². The number of hydrogen-bond donors (Lipinski definition) is 3. The van der Waals surface area contributed by atoms with Crippen LogP contribution in [-0.4, -0.2) is 96.7 Å². The van der Waals surface area contributed by atoms with Crippen LogP contribution in [0.25, 0.3) is 0 Å². The van der Waals surface area contributed by atoms with Gasteiger partial charge in [-0.1, -0.05) is 311 Å². The molecule has 0 aliphatic rings. The molecule has 534 valence electrons. The minimum Gasteiger partial charge on any atom is -0.462 e. The van der Waals surface area contributed by atoms with Crippen LogP contribution in [0, 0.1) is 11.8 Å². The van der Waals surface area contributed by atoms with E-state index in [0.29, 0.717) is 31.6 Å². The van der Waals surface area contributed by atoms with Crippen LogP contribution in [0.3, 0.4) is 0 Å². The van der Waals surface area contributed by atoms with Gasteiger partial charge in [-0.05, 0) is 37.5 Å². The normalized spacial score (nSPS) is 14.4. The van der Waals surface area contributed by atoms with Gasteiger partial charge in [-0.25, -0.2) is 9.13 Å². The van der Waals surface area contributed by atoms with E-state index in [-0.39, 0.29) is 25.7 Å². The molecule has 17 nitrogen and oxygen atoms in total. The van der Waals surface area contributed by atoms with Crippen molar-refractivity contribution in [2.45, 2.75) is 381 Å². The van der Waals surface area contributed by atoms with E-state index in [4.69, 9.17) is 37.0 Å². The number of carbonyl (C=O) groups is 4. The topological polar surface area (TPSA) is 237 Å². The van der Waals surface area contributed by atoms with Crippen LogP contribution in [0.1, 0.15) is 363 Å². The highest BCUT2D eigenvalue weighted by molar-refractivity contribution is 7.47. The zero-order valence-corrected chi connectivity index (χ0v) is 60.2. The summed E-state index contributed by atoms with van der Waals surface area (Å²) in [5.41, 5.74) is 0. The number of aliphatic hydroxyl groups excluding tert-OH is 1. The van der Waals surface area contributed by atoms with Crippen molar-refractivity contribution in [1.29, 1.82) is 0 Å². The Morgan fingerprint density at radius 3 is 0.844 bits per heavy atom. The molecule has 0 spiro atoms. The summed E-state index contributed by atoms with van der Waals surface area (Å²) in [6.07, 6.45) is 49.1. The Bertz CT molecular complexity index is 1750. The van der Waals surface area contributed by atoms with Crippen molar-refractivity contribution in [3.63, 3.8) is 0 Å². The van der Waals surface area contributed by atoms with Gasteiger partial charge in [0.15, 0.2) is 12.2 Å². The van der Waals surface area contributed by atoms with Gasteiger partial charge >= 0.3 is 39.5 Å². The fourth-order valence-electron chi connectivity index (χ4n) is 10.7. The lowest BCUT2D eigenvalue weighted by molar-refractivity contribution is -0.161. The first-order valence-corrected chi connectivity index (χ1v) is 40.0. The molecule has 3 N–H and O–H groups in total. The minimum atomic E-state index is -4.95. The van der Waals surface area contributed by atoms with Crippen LogP contribution < -0.4 is 0 Å². The number of rotatable bonds is 70. The van der Waals surface area contributed by atoms with Crippen molar-refractivity contribution in [2.75, 3.05) is 39.6 Å². The second-order valence-corrected chi connectivity index (χ2v) is 29.3. The van der Waals surface area contributed by atoms with Crippen molar-refractivity contribution in [3.05, 3.63) is 0 Å². The molecule has 0 aromatic carbocycles. The van der Waals surface area contributed by atoms with Crippen LogP contribution in [0.2, 0.25) is 0 Å². The Labute approximate surface area is 549 Å². The van der Waals surface area contributed by atoms with E-state index in [2.05, 4.69) is 41.5 Å². The smallest absolute Gasteiger partial charge is 0.462 e. The Morgan fingerprint density at radius 2 is 0.567 bits per heavy atom. The average Bonchev–Trinajstić information content (AvgIpc) is 3.49. The number of phosphoric ester groups is 2. The lowest BCUT2D eigenvalue weighted by Gasteiger charge is -2.21. The molecular weight excluding hydrogens is 1190 g/mol. The second kappa shape index (κ2) is 63.1. The summed E-state index contributed by atoms with van der Waals surface area (Å²) in [5.74, 6) is -0.594. The molecule has 90 heavy (non-hydrogen) atoms. The molecule has 0 fully saturated rings. The van der Waals surface area contributed by atoms with Crippen LogP contribution in [0.4, 0.5) is 0 Å². The molecule has 3 unspecified atom stereocenters. The van der Waals surface area contributed by atoms with Crippen molar-refractivity contribution in [1.82, 2.24) is 0 Å². The number of carbonyl (C=O) groups excluding carboxylic acids is 4. The van der Waals surface area contributed by atoms with E-state index in [9.17, 15) is 43.2 Å². The molecule has 0 aromatic heterocycles. The summed E-state index contributed by atoms with van der Waals surface area (Å²) in [6.45, 7) is 9.46. The molecule has 19 heteroatoms. The highest BCUT2D eigenvalue weighted by atomic mass is 31.2. The van der Waals surface area contributed by atoms with Crippen molar-refractivity contribution in [3.8, 4) is 0 Å². The van der Waals surface area contributed by atoms with Gasteiger partial charge in [0, 0.05) is 25.7 Å². The zero-order chi connectivity index (χ0) is 66.5. The molecule has 0 aromatic rings. The van der Waals surface area contributed by atoms with Gasteiger partial charge in [0.1, 0.15) is 19.3 Å². The van der Waals surface area contributed by atoms with E-state index in [1.807, 2.05) is 0 Å². The van der Waals surface area contributed by atoms with Crippen molar-refractivity contribution >= 4 is 39.5 Å². The van der Waals surface area contributed by atoms with Gasteiger partial charge in [-0.2, -0.15) is 0 Å². The maximum absolute atomic E-state index is 13.0. The van der Waals surface area contributed by atoms with Crippen molar-refractivity contribution in [2.24, 2.45) is 11.8 Å². The van der Waals surface area contributed by atoms with Gasteiger partial charge in [-0.3, -0.25) is 37.3 Å². The van der Waals surface area contributed by atoms with Crippen LogP contribution >= 0.6 is 15.6 Å². The number of hydrogen-bond acceptors (Lipinski definition) is 15. The minimum absolute atomic E-state index is 0.103. The summed E-state index contributed by atoms with van der Waals surface area (Å²) < 4.78 is 68.1. The standard InChI is InChI=1S/C71H138O17P2/c1-7-10-12-14-15-16-17-18-19-20-21-25-28-31-36-42-48-54-69(74)82-60-67(88-70(75)55-49-43-37-32-29-26-23-22-24-27-30-35-41-46-52-64(6)9-3)62-86-90(79,80)84-58-65(72)57-83-89(77,78)85-61-66(59-81-68(73)53-47-39-13-11-8-2)87-71(76)56-50-44-38-33-34-40-45-51-63(4)5/h63-67,72H,7-62H2,1-6H3,(H,77,78)(H,79,80)/t64?,65-,66+,67+/m0/s1. The number of unbranched alkanes of at least 4 members (excludes halogenated alkanes) is 39. The molecule has 0 amide bonds. The summed E-state index contributed by atoms with van der Waals surface area (Å²) in [4.78, 5) is 72.3. The summed E-state index contributed by atoms with van der Waals surface area (Å²) in [6, 6.07) is 0.